The molecule has 1 heterocycles. The van der Waals surface area contributed by atoms with Crippen molar-refractivity contribution in [2.75, 3.05) is 24.6 Å². The van der Waals surface area contributed by atoms with Crippen molar-refractivity contribution in [1.82, 2.24) is 0 Å². The van der Waals surface area contributed by atoms with Crippen molar-refractivity contribution in [3.05, 3.63) is 23.8 Å². The number of piperidine rings is 1. The summed E-state index contributed by atoms with van der Waals surface area (Å²) in [5, 5.41) is 0. The molecule has 0 aliphatic carbocycles. The Hall–Kier alpha value is -1.22. The number of aryl methyl sites for hydroxylation is 1. The van der Waals surface area contributed by atoms with Gasteiger partial charge in [0.25, 0.3) is 0 Å². The summed E-state index contributed by atoms with van der Waals surface area (Å²) in [6.45, 7) is 9.49. The van der Waals surface area contributed by atoms with Gasteiger partial charge >= 0.3 is 0 Å². The summed E-state index contributed by atoms with van der Waals surface area (Å²) in [5.74, 6) is 1.64. The van der Waals surface area contributed by atoms with Crippen molar-refractivity contribution < 1.29 is 4.74 Å². The Bertz CT molecular complexity index is 447. The minimum absolute atomic E-state index is 0.310. The van der Waals surface area contributed by atoms with Crippen LogP contribution in [0.15, 0.2) is 18.2 Å². The summed E-state index contributed by atoms with van der Waals surface area (Å²) < 4.78 is 5.97. The standard InChI is InChI=1S/C18H30N2O/c1-4-6-14(2)13-21-18-9-8-17(11-15(18)3)20-10-5-7-16(19)12-20/h8-9,11,14,16H,4-7,10,12-13,19H2,1-3H3. The maximum absolute atomic E-state index is 6.07. The molecule has 0 amide bonds. The summed E-state index contributed by atoms with van der Waals surface area (Å²) in [6.07, 6.45) is 4.78. The molecule has 0 spiro atoms. The Balaban J connectivity index is 1.96. The van der Waals surface area contributed by atoms with Gasteiger partial charge in [0.05, 0.1) is 6.61 Å². The number of nitrogens with two attached hydrogens (primary N) is 1. The van der Waals surface area contributed by atoms with E-state index < -0.39 is 0 Å². The fourth-order valence-corrected chi connectivity index (χ4v) is 3.04. The van der Waals surface area contributed by atoms with Gasteiger partial charge in [0.15, 0.2) is 0 Å². The number of benzene rings is 1. The van der Waals surface area contributed by atoms with E-state index in [0.29, 0.717) is 12.0 Å². The van der Waals surface area contributed by atoms with E-state index >= 15 is 0 Å². The van der Waals surface area contributed by atoms with Crippen LogP contribution in [0.5, 0.6) is 5.75 Å². The highest BCUT2D eigenvalue weighted by Gasteiger charge is 2.17. The predicted molar refractivity (Wildman–Crippen MR) is 90.2 cm³/mol. The van der Waals surface area contributed by atoms with Crippen molar-refractivity contribution in [1.29, 1.82) is 0 Å². The van der Waals surface area contributed by atoms with E-state index in [-0.39, 0.29) is 0 Å². The molecule has 118 valence electrons. The Morgan fingerprint density at radius 3 is 2.90 bits per heavy atom. The lowest BCUT2D eigenvalue weighted by Gasteiger charge is -2.33. The lowest BCUT2D eigenvalue weighted by Crippen LogP contribution is -2.42. The lowest BCUT2D eigenvalue weighted by atomic mass is 10.1. The molecule has 0 radical (unpaired) electrons. The van der Waals surface area contributed by atoms with Crippen LogP contribution in [-0.2, 0) is 0 Å². The molecule has 2 N–H and O–H groups in total. The number of nitrogens with zero attached hydrogens (tertiary/aromatic N) is 1. The van der Waals surface area contributed by atoms with Gasteiger partial charge in [0.2, 0.25) is 0 Å². The van der Waals surface area contributed by atoms with Gasteiger partial charge in [-0.05, 0) is 55.9 Å². The van der Waals surface area contributed by atoms with Crippen LogP contribution in [0.4, 0.5) is 5.69 Å². The fourth-order valence-electron chi connectivity index (χ4n) is 3.04. The third-order valence-corrected chi connectivity index (χ3v) is 4.29. The molecule has 1 aliphatic rings. The number of rotatable bonds is 6. The summed E-state index contributed by atoms with van der Waals surface area (Å²) in [6, 6.07) is 6.83. The van der Waals surface area contributed by atoms with E-state index in [1.807, 2.05) is 0 Å². The Kier molecular flexibility index (Phi) is 5.92. The molecular formula is C18H30N2O. The first-order chi connectivity index (χ1) is 10.1. The highest BCUT2D eigenvalue weighted by Crippen LogP contribution is 2.27. The second kappa shape index (κ2) is 7.69. The molecule has 1 aromatic rings. The highest BCUT2D eigenvalue weighted by atomic mass is 16.5. The molecule has 1 fully saturated rings. The minimum Gasteiger partial charge on any atom is -0.493 e. The van der Waals surface area contributed by atoms with Gasteiger partial charge in [-0.1, -0.05) is 20.3 Å². The Morgan fingerprint density at radius 2 is 2.24 bits per heavy atom. The van der Waals surface area contributed by atoms with Crippen LogP contribution >= 0.6 is 0 Å². The van der Waals surface area contributed by atoms with Crippen LogP contribution in [0.1, 0.15) is 45.1 Å². The third-order valence-electron chi connectivity index (χ3n) is 4.29. The monoisotopic (exact) mass is 290 g/mol. The van der Waals surface area contributed by atoms with Crippen molar-refractivity contribution in [2.45, 2.75) is 52.5 Å². The van der Waals surface area contributed by atoms with E-state index in [2.05, 4.69) is 43.9 Å². The molecule has 1 saturated heterocycles. The second-order valence-corrected chi connectivity index (χ2v) is 6.50. The molecule has 0 aromatic heterocycles. The minimum atomic E-state index is 0.310. The quantitative estimate of drug-likeness (QED) is 0.867. The van der Waals surface area contributed by atoms with E-state index in [0.717, 1.165) is 31.9 Å². The van der Waals surface area contributed by atoms with Crippen LogP contribution in [0.3, 0.4) is 0 Å². The predicted octanol–water partition coefficient (Wildman–Crippen LogP) is 3.74. The van der Waals surface area contributed by atoms with E-state index in [1.54, 1.807) is 0 Å². The number of hydrogen-bond donors (Lipinski definition) is 1. The largest absolute Gasteiger partial charge is 0.493 e. The molecule has 0 bridgehead atoms. The average Bonchev–Trinajstić information content (AvgIpc) is 2.46. The van der Waals surface area contributed by atoms with E-state index in [1.165, 1.54) is 30.5 Å². The van der Waals surface area contributed by atoms with Gasteiger partial charge in [-0.3, -0.25) is 0 Å². The molecule has 21 heavy (non-hydrogen) atoms. The molecule has 2 unspecified atom stereocenters. The molecular weight excluding hydrogens is 260 g/mol. The van der Waals surface area contributed by atoms with Gasteiger partial charge in [-0.25, -0.2) is 0 Å². The maximum Gasteiger partial charge on any atom is 0.122 e. The van der Waals surface area contributed by atoms with Gasteiger partial charge in [-0.15, -0.1) is 0 Å². The topological polar surface area (TPSA) is 38.5 Å². The summed E-state index contributed by atoms with van der Waals surface area (Å²) in [5.41, 5.74) is 8.57. The van der Waals surface area contributed by atoms with Gasteiger partial charge in [-0.2, -0.15) is 0 Å². The first-order valence-corrected chi connectivity index (χ1v) is 8.34. The van der Waals surface area contributed by atoms with Crippen molar-refractivity contribution in [3.8, 4) is 5.75 Å². The average molecular weight is 290 g/mol. The normalized spacial score (nSPS) is 20.4. The van der Waals surface area contributed by atoms with Crippen molar-refractivity contribution in [3.63, 3.8) is 0 Å². The zero-order valence-electron chi connectivity index (χ0n) is 13.8. The fraction of sp³-hybridized carbons (Fsp3) is 0.667. The van der Waals surface area contributed by atoms with Gasteiger partial charge in [0.1, 0.15) is 5.75 Å². The highest BCUT2D eigenvalue weighted by molar-refractivity contribution is 5.53. The SMILES string of the molecule is CCCC(C)COc1ccc(N2CCCC(N)C2)cc1C. The molecule has 3 nitrogen and oxygen atoms in total. The van der Waals surface area contributed by atoms with Gasteiger partial charge < -0.3 is 15.4 Å². The zero-order chi connectivity index (χ0) is 15.2. The van der Waals surface area contributed by atoms with E-state index in [9.17, 15) is 0 Å². The molecule has 2 atom stereocenters. The first kappa shape index (κ1) is 16.2. The maximum atomic E-state index is 6.07. The van der Waals surface area contributed by atoms with Crippen molar-refractivity contribution >= 4 is 5.69 Å². The van der Waals surface area contributed by atoms with Crippen LogP contribution in [0.2, 0.25) is 0 Å². The molecule has 2 rings (SSSR count). The van der Waals surface area contributed by atoms with Crippen LogP contribution in [-0.4, -0.2) is 25.7 Å². The summed E-state index contributed by atoms with van der Waals surface area (Å²) in [7, 11) is 0. The molecule has 3 heteroatoms. The number of hydrogen-bond acceptors (Lipinski definition) is 3. The number of anilines is 1. The molecule has 1 aromatic carbocycles. The lowest BCUT2D eigenvalue weighted by molar-refractivity contribution is 0.250. The Labute approximate surface area is 129 Å². The number of ether oxygens (including phenoxy) is 1. The Morgan fingerprint density at radius 1 is 1.43 bits per heavy atom. The molecule has 0 saturated carbocycles. The summed E-state index contributed by atoms with van der Waals surface area (Å²) in [4.78, 5) is 2.39. The zero-order valence-corrected chi connectivity index (χ0v) is 13.8. The first-order valence-electron chi connectivity index (χ1n) is 8.34. The second-order valence-electron chi connectivity index (χ2n) is 6.50. The van der Waals surface area contributed by atoms with Gasteiger partial charge in [0, 0.05) is 24.8 Å². The third kappa shape index (κ3) is 4.63. The van der Waals surface area contributed by atoms with Crippen molar-refractivity contribution in [2.24, 2.45) is 11.7 Å². The smallest absolute Gasteiger partial charge is 0.122 e. The van der Waals surface area contributed by atoms with Crippen LogP contribution in [0.25, 0.3) is 0 Å². The van der Waals surface area contributed by atoms with Crippen LogP contribution < -0.4 is 15.4 Å². The van der Waals surface area contributed by atoms with E-state index in [4.69, 9.17) is 10.5 Å². The van der Waals surface area contributed by atoms with Crippen LogP contribution in [0, 0.1) is 12.8 Å². The molecule has 1 aliphatic heterocycles. The summed E-state index contributed by atoms with van der Waals surface area (Å²) >= 11 is 0.